The average Bonchev–Trinajstić information content (AvgIpc) is 3.82. The lowest BCUT2D eigenvalue weighted by molar-refractivity contribution is -0.121. The molecule has 2 amide bonds. The molecule has 3 heterocycles. The molecule has 0 bridgehead atoms. The van der Waals surface area contributed by atoms with E-state index in [0.717, 1.165) is 56.1 Å². The van der Waals surface area contributed by atoms with E-state index in [9.17, 15) is 14.4 Å². The normalized spacial score (nSPS) is 21.7. The molecule has 0 aromatic heterocycles. The van der Waals surface area contributed by atoms with Gasteiger partial charge in [-0.05, 0) is 86.0 Å². The number of nitrogens with one attached hydrogen (secondary N) is 1. The predicted molar refractivity (Wildman–Crippen MR) is 171 cm³/mol. The zero-order chi connectivity index (χ0) is 30.5. The summed E-state index contributed by atoms with van der Waals surface area (Å²) in [6.45, 7) is 8.80. The number of piperidine rings is 1. The number of carbonyl (C=O) groups is 3. The molecular formula is C35H47N5O4. The molecule has 2 aromatic rings. The molecule has 6 rings (SSSR count). The van der Waals surface area contributed by atoms with Crippen molar-refractivity contribution in [3.8, 4) is 5.75 Å². The van der Waals surface area contributed by atoms with Crippen molar-refractivity contribution in [3.63, 3.8) is 0 Å². The number of benzene rings is 2. The molecule has 236 valence electrons. The van der Waals surface area contributed by atoms with Gasteiger partial charge in [0.2, 0.25) is 5.91 Å². The molecule has 2 aromatic carbocycles. The SMILES string of the molecule is CNC(=O)CCC(C=O)N1Cc2cc(OCC3CCCCN3Cc3ccc(N4CCN(CC5CC5)CC4)cc3)ccc2C1=O. The fraction of sp³-hybridized carbons (Fsp3) is 0.571. The van der Waals surface area contributed by atoms with Crippen LogP contribution in [0.4, 0.5) is 5.69 Å². The number of hydrogen-bond donors (Lipinski definition) is 1. The van der Waals surface area contributed by atoms with Crippen LogP contribution >= 0.6 is 0 Å². The molecule has 4 aliphatic rings. The molecule has 2 unspecified atom stereocenters. The third-order valence-corrected chi connectivity index (χ3v) is 9.88. The lowest BCUT2D eigenvalue weighted by atomic mass is 10.0. The standard InChI is InChI=1S/C35H47N5O4/c1-36-34(42)14-11-30(24-41)40-23-28-20-32(12-13-33(28)35(40)43)44-25-31-4-2-3-15-39(31)22-27-7-9-29(10-8-27)38-18-16-37(17-19-38)21-26-5-6-26/h7-10,12-13,20,24,26,30-31H,2-6,11,14-19,21-23,25H2,1H3,(H,36,42). The highest BCUT2D eigenvalue weighted by Crippen LogP contribution is 2.31. The molecule has 1 N–H and O–H groups in total. The first-order valence-corrected chi connectivity index (χ1v) is 16.5. The van der Waals surface area contributed by atoms with Crippen molar-refractivity contribution in [1.82, 2.24) is 20.0 Å². The number of rotatable bonds is 13. The molecule has 1 aliphatic carbocycles. The van der Waals surface area contributed by atoms with E-state index in [4.69, 9.17) is 4.74 Å². The van der Waals surface area contributed by atoms with Gasteiger partial charge in [-0.15, -0.1) is 0 Å². The Kier molecular flexibility index (Phi) is 9.82. The predicted octanol–water partition coefficient (Wildman–Crippen LogP) is 3.70. The number of amides is 2. The molecule has 3 aliphatic heterocycles. The molecule has 2 atom stereocenters. The topological polar surface area (TPSA) is 85.4 Å². The molecule has 3 fully saturated rings. The van der Waals surface area contributed by atoms with E-state index < -0.39 is 6.04 Å². The second-order valence-electron chi connectivity index (χ2n) is 13.0. The Morgan fingerprint density at radius 2 is 1.82 bits per heavy atom. The molecule has 44 heavy (non-hydrogen) atoms. The maximum absolute atomic E-state index is 13.0. The summed E-state index contributed by atoms with van der Waals surface area (Å²) in [4.78, 5) is 45.7. The summed E-state index contributed by atoms with van der Waals surface area (Å²) in [6.07, 6.45) is 7.64. The first kappa shape index (κ1) is 30.6. The van der Waals surface area contributed by atoms with Crippen LogP contribution in [0, 0.1) is 5.92 Å². The Bertz CT molecular complexity index is 1300. The highest BCUT2D eigenvalue weighted by molar-refractivity contribution is 6.00. The van der Waals surface area contributed by atoms with Crippen molar-refractivity contribution in [1.29, 1.82) is 0 Å². The van der Waals surface area contributed by atoms with Crippen LogP contribution in [0.15, 0.2) is 42.5 Å². The van der Waals surface area contributed by atoms with Gasteiger partial charge in [0.1, 0.15) is 18.6 Å². The number of carbonyl (C=O) groups excluding carboxylic acids is 3. The first-order chi connectivity index (χ1) is 21.5. The summed E-state index contributed by atoms with van der Waals surface area (Å²) in [6, 6.07) is 14.5. The third kappa shape index (κ3) is 7.44. The average molecular weight is 602 g/mol. The zero-order valence-corrected chi connectivity index (χ0v) is 26.1. The quantitative estimate of drug-likeness (QED) is 0.351. The molecule has 0 radical (unpaired) electrons. The van der Waals surface area contributed by atoms with Gasteiger partial charge in [0.15, 0.2) is 0 Å². The van der Waals surface area contributed by atoms with Crippen LogP contribution in [0.5, 0.6) is 5.75 Å². The highest BCUT2D eigenvalue weighted by Gasteiger charge is 2.33. The lowest BCUT2D eigenvalue weighted by Gasteiger charge is -2.37. The number of anilines is 1. The van der Waals surface area contributed by atoms with Crippen LogP contribution < -0.4 is 15.0 Å². The number of aldehydes is 1. The van der Waals surface area contributed by atoms with Crippen LogP contribution in [0.3, 0.4) is 0 Å². The molecule has 1 saturated carbocycles. The third-order valence-electron chi connectivity index (χ3n) is 9.88. The van der Waals surface area contributed by atoms with E-state index in [-0.39, 0.29) is 18.2 Å². The maximum Gasteiger partial charge on any atom is 0.255 e. The van der Waals surface area contributed by atoms with Gasteiger partial charge in [-0.3, -0.25) is 19.4 Å². The minimum absolute atomic E-state index is 0.140. The van der Waals surface area contributed by atoms with Crippen LogP contribution in [0.25, 0.3) is 0 Å². The monoisotopic (exact) mass is 601 g/mol. The molecule has 0 spiro atoms. The van der Waals surface area contributed by atoms with Gasteiger partial charge in [-0.1, -0.05) is 18.6 Å². The van der Waals surface area contributed by atoms with E-state index in [1.54, 1.807) is 18.0 Å². The van der Waals surface area contributed by atoms with Gasteiger partial charge in [-0.25, -0.2) is 0 Å². The minimum atomic E-state index is -0.622. The van der Waals surface area contributed by atoms with E-state index >= 15 is 0 Å². The molecule has 2 saturated heterocycles. The maximum atomic E-state index is 13.0. The van der Waals surface area contributed by atoms with Crippen molar-refractivity contribution in [2.24, 2.45) is 5.92 Å². The second kappa shape index (κ2) is 14.1. The van der Waals surface area contributed by atoms with Gasteiger partial charge < -0.3 is 24.6 Å². The number of hydrogen-bond acceptors (Lipinski definition) is 7. The lowest BCUT2D eigenvalue weighted by Crippen LogP contribution is -2.47. The van der Waals surface area contributed by atoms with E-state index in [2.05, 4.69) is 44.3 Å². The summed E-state index contributed by atoms with van der Waals surface area (Å²) < 4.78 is 6.32. The number of piperazine rings is 1. The van der Waals surface area contributed by atoms with Gasteiger partial charge in [0.25, 0.3) is 5.91 Å². The second-order valence-corrected chi connectivity index (χ2v) is 13.0. The summed E-state index contributed by atoms with van der Waals surface area (Å²) >= 11 is 0. The van der Waals surface area contributed by atoms with Gasteiger partial charge in [0, 0.05) is 76.6 Å². The number of likely N-dealkylation sites (tertiary alicyclic amines) is 1. The smallest absolute Gasteiger partial charge is 0.255 e. The van der Waals surface area contributed by atoms with Crippen LogP contribution in [-0.2, 0) is 22.7 Å². The Morgan fingerprint density at radius 3 is 2.55 bits per heavy atom. The van der Waals surface area contributed by atoms with Crippen molar-refractivity contribution < 1.29 is 19.1 Å². The minimum Gasteiger partial charge on any atom is -0.492 e. The Labute approximate surface area is 261 Å². The number of nitrogens with zero attached hydrogens (tertiary/aromatic N) is 4. The van der Waals surface area contributed by atoms with Crippen molar-refractivity contribution in [3.05, 3.63) is 59.2 Å². The van der Waals surface area contributed by atoms with E-state index in [1.165, 1.54) is 56.6 Å². The van der Waals surface area contributed by atoms with Crippen LogP contribution in [-0.4, -0.2) is 97.8 Å². The van der Waals surface area contributed by atoms with Crippen molar-refractivity contribution in [2.45, 2.75) is 70.1 Å². The molecular weight excluding hydrogens is 554 g/mol. The Morgan fingerprint density at radius 1 is 1.02 bits per heavy atom. The molecule has 9 nitrogen and oxygen atoms in total. The van der Waals surface area contributed by atoms with Crippen molar-refractivity contribution in [2.75, 3.05) is 57.8 Å². The summed E-state index contributed by atoms with van der Waals surface area (Å²) in [5.41, 5.74) is 4.14. The Hall–Kier alpha value is -3.43. The number of fused-ring (bicyclic) bond motifs is 1. The fourth-order valence-corrected chi connectivity index (χ4v) is 6.93. The largest absolute Gasteiger partial charge is 0.492 e. The summed E-state index contributed by atoms with van der Waals surface area (Å²) in [5, 5.41) is 2.57. The van der Waals surface area contributed by atoms with Gasteiger partial charge in [0.05, 0.1) is 6.04 Å². The van der Waals surface area contributed by atoms with E-state index in [0.29, 0.717) is 31.2 Å². The van der Waals surface area contributed by atoms with Crippen molar-refractivity contribution >= 4 is 23.8 Å². The van der Waals surface area contributed by atoms with Crippen LogP contribution in [0.1, 0.15) is 66.4 Å². The number of ether oxygens (including phenoxy) is 1. The first-order valence-electron chi connectivity index (χ1n) is 16.5. The fourth-order valence-electron chi connectivity index (χ4n) is 6.93. The van der Waals surface area contributed by atoms with E-state index in [1.807, 2.05) is 12.1 Å². The Balaban J connectivity index is 1.01. The summed E-state index contributed by atoms with van der Waals surface area (Å²) in [5.74, 6) is 1.41. The summed E-state index contributed by atoms with van der Waals surface area (Å²) in [7, 11) is 1.57. The highest BCUT2D eigenvalue weighted by atomic mass is 16.5. The van der Waals surface area contributed by atoms with Gasteiger partial charge >= 0.3 is 0 Å². The zero-order valence-electron chi connectivity index (χ0n) is 26.1. The molecule has 9 heteroatoms. The van der Waals surface area contributed by atoms with Crippen LogP contribution in [0.2, 0.25) is 0 Å². The van der Waals surface area contributed by atoms with Gasteiger partial charge in [-0.2, -0.15) is 0 Å².